The van der Waals surface area contributed by atoms with Crippen LogP contribution in [0.4, 0.5) is 5.69 Å². The van der Waals surface area contributed by atoms with E-state index in [-0.39, 0.29) is 22.2 Å². The topological polar surface area (TPSA) is 63.5 Å². The first-order chi connectivity index (χ1) is 9.54. The van der Waals surface area contributed by atoms with E-state index in [0.717, 1.165) is 12.2 Å². The van der Waals surface area contributed by atoms with Crippen molar-refractivity contribution in [3.05, 3.63) is 38.9 Å². The molecule has 1 aliphatic rings. The van der Waals surface area contributed by atoms with Crippen LogP contribution in [0.15, 0.2) is 18.2 Å². The minimum atomic E-state index is -0.592. The molecule has 7 heteroatoms. The number of nitro benzene ring substituents is 1. The van der Waals surface area contributed by atoms with Crippen LogP contribution in [0.3, 0.4) is 0 Å². The Morgan fingerprint density at radius 3 is 3.00 bits per heavy atom. The zero-order valence-electron chi connectivity index (χ0n) is 11.0. The van der Waals surface area contributed by atoms with Crippen LogP contribution < -0.4 is 0 Å². The number of carbonyl (C=O) groups is 1. The van der Waals surface area contributed by atoms with E-state index in [1.165, 1.54) is 12.1 Å². The van der Waals surface area contributed by atoms with Crippen molar-refractivity contribution in [1.82, 2.24) is 4.90 Å². The van der Waals surface area contributed by atoms with Gasteiger partial charge < -0.3 is 4.90 Å². The molecule has 1 saturated heterocycles. The van der Waals surface area contributed by atoms with Crippen molar-refractivity contribution in [2.24, 2.45) is 0 Å². The molecule has 0 bridgehead atoms. The van der Waals surface area contributed by atoms with Gasteiger partial charge in [-0.25, -0.2) is 0 Å². The lowest BCUT2D eigenvalue weighted by molar-refractivity contribution is -0.385. The van der Waals surface area contributed by atoms with E-state index in [1.54, 1.807) is 11.0 Å². The molecule has 5 nitrogen and oxygen atoms in total. The second-order valence-corrected chi connectivity index (χ2v) is 6.36. The van der Waals surface area contributed by atoms with E-state index in [0.29, 0.717) is 18.3 Å². The van der Waals surface area contributed by atoms with E-state index in [9.17, 15) is 14.9 Å². The highest BCUT2D eigenvalue weighted by atomic mass is 35.5. The number of benzene rings is 1. The maximum absolute atomic E-state index is 12.5. The number of rotatable bonds is 3. The molecule has 108 valence electrons. The van der Waals surface area contributed by atoms with Gasteiger partial charge in [0, 0.05) is 24.1 Å². The van der Waals surface area contributed by atoms with Gasteiger partial charge in [-0.15, -0.1) is 0 Å². The third-order valence-electron chi connectivity index (χ3n) is 3.28. The predicted molar refractivity (Wildman–Crippen MR) is 80.5 cm³/mol. The number of halogens is 1. The lowest BCUT2D eigenvalue weighted by Gasteiger charge is -2.31. The minimum absolute atomic E-state index is 0.000670. The van der Waals surface area contributed by atoms with Crippen LogP contribution in [-0.4, -0.2) is 39.8 Å². The van der Waals surface area contributed by atoms with Crippen LogP contribution >= 0.6 is 23.4 Å². The lowest BCUT2D eigenvalue weighted by Crippen LogP contribution is -2.41. The number of hydrogen-bond acceptors (Lipinski definition) is 4. The summed E-state index contributed by atoms with van der Waals surface area (Å²) in [7, 11) is 0. The smallest absolute Gasteiger partial charge is 0.300 e. The summed E-state index contributed by atoms with van der Waals surface area (Å²) in [4.78, 5) is 24.7. The van der Waals surface area contributed by atoms with E-state index < -0.39 is 4.92 Å². The van der Waals surface area contributed by atoms with Crippen molar-refractivity contribution in [1.29, 1.82) is 0 Å². The summed E-state index contributed by atoms with van der Waals surface area (Å²) in [6, 6.07) is 4.46. The Balaban J connectivity index is 2.29. The molecular weight excluding hydrogens is 300 g/mol. The molecule has 0 radical (unpaired) electrons. The molecule has 0 aromatic heterocycles. The van der Waals surface area contributed by atoms with Crippen molar-refractivity contribution in [2.45, 2.75) is 18.6 Å². The number of nitrogens with zero attached hydrogens (tertiary/aromatic N) is 2. The Labute approximate surface area is 126 Å². The summed E-state index contributed by atoms with van der Waals surface area (Å²) >= 11 is 7.69. The average molecular weight is 315 g/mol. The molecule has 1 heterocycles. The molecule has 0 aliphatic carbocycles. The molecule has 1 fully saturated rings. The summed E-state index contributed by atoms with van der Waals surface area (Å²) in [6.07, 6.45) is 0.978. The molecule has 1 atom stereocenters. The number of nitro groups is 1. The Morgan fingerprint density at radius 1 is 1.60 bits per heavy atom. The summed E-state index contributed by atoms with van der Waals surface area (Å²) in [5.41, 5.74) is -0.227. The molecule has 2 rings (SSSR count). The second-order valence-electron chi connectivity index (χ2n) is 4.55. The molecule has 1 aromatic carbocycles. The van der Waals surface area contributed by atoms with Crippen LogP contribution in [-0.2, 0) is 0 Å². The van der Waals surface area contributed by atoms with Crippen molar-refractivity contribution < 1.29 is 9.72 Å². The molecule has 20 heavy (non-hydrogen) atoms. The number of amides is 1. The zero-order chi connectivity index (χ0) is 14.7. The van der Waals surface area contributed by atoms with Crippen molar-refractivity contribution in [2.75, 3.05) is 18.8 Å². The fourth-order valence-corrected chi connectivity index (χ4v) is 3.62. The van der Waals surface area contributed by atoms with Crippen molar-refractivity contribution in [3.8, 4) is 0 Å². The molecule has 0 N–H and O–H groups in total. The number of para-hydroxylation sites is 1. The van der Waals surface area contributed by atoms with Crippen LogP contribution in [0.25, 0.3) is 0 Å². The van der Waals surface area contributed by atoms with Gasteiger partial charge >= 0.3 is 5.69 Å². The van der Waals surface area contributed by atoms with Crippen LogP contribution in [0.5, 0.6) is 0 Å². The molecule has 1 unspecified atom stereocenters. The highest BCUT2D eigenvalue weighted by molar-refractivity contribution is 8.00. The maximum Gasteiger partial charge on any atom is 0.300 e. The molecule has 1 amide bonds. The van der Waals surface area contributed by atoms with E-state index >= 15 is 0 Å². The van der Waals surface area contributed by atoms with Crippen LogP contribution in [0.1, 0.15) is 23.7 Å². The van der Waals surface area contributed by atoms with Gasteiger partial charge in [-0.05, 0) is 18.6 Å². The highest BCUT2D eigenvalue weighted by Crippen LogP contribution is 2.30. The van der Waals surface area contributed by atoms with E-state index in [1.807, 2.05) is 11.8 Å². The van der Waals surface area contributed by atoms with Gasteiger partial charge in [0.05, 0.1) is 4.92 Å². The van der Waals surface area contributed by atoms with Gasteiger partial charge in [0.2, 0.25) is 0 Å². The molecule has 0 spiro atoms. The van der Waals surface area contributed by atoms with Crippen molar-refractivity contribution in [3.63, 3.8) is 0 Å². The van der Waals surface area contributed by atoms with Gasteiger partial charge in [0.25, 0.3) is 5.91 Å². The zero-order valence-corrected chi connectivity index (χ0v) is 12.6. The van der Waals surface area contributed by atoms with Gasteiger partial charge in [-0.2, -0.15) is 11.8 Å². The quantitative estimate of drug-likeness (QED) is 0.635. The monoisotopic (exact) mass is 314 g/mol. The fourth-order valence-electron chi connectivity index (χ4n) is 2.19. The number of hydrogen-bond donors (Lipinski definition) is 0. The summed E-state index contributed by atoms with van der Waals surface area (Å²) in [5, 5.41) is 11.5. The highest BCUT2D eigenvalue weighted by Gasteiger charge is 2.30. The Bertz CT molecular complexity index is 538. The third-order valence-corrected chi connectivity index (χ3v) is 4.96. The summed E-state index contributed by atoms with van der Waals surface area (Å²) in [5.74, 6) is 0.552. The van der Waals surface area contributed by atoms with Crippen LogP contribution in [0.2, 0.25) is 5.02 Å². The standard InChI is InChI=1S/C13H15ClN2O3S/c1-2-9-8-15(6-7-20-9)13(17)10-4-3-5-11(14)12(10)16(18)19/h3-5,9H,2,6-8H2,1H3. The molecule has 0 saturated carbocycles. The Morgan fingerprint density at radius 2 is 2.35 bits per heavy atom. The van der Waals surface area contributed by atoms with E-state index in [4.69, 9.17) is 11.6 Å². The SMILES string of the molecule is CCC1CN(C(=O)c2cccc(Cl)c2[N+](=O)[O-])CCS1. The Hall–Kier alpha value is -1.27. The first-order valence-corrected chi connectivity index (χ1v) is 7.81. The van der Waals surface area contributed by atoms with Gasteiger partial charge in [0.15, 0.2) is 0 Å². The molecule has 1 aromatic rings. The van der Waals surface area contributed by atoms with Gasteiger partial charge in [-0.3, -0.25) is 14.9 Å². The predicted octanol–water partition coefficient (Wildman–Crippen LogP) is 3.22. The maximum atomic E-state index is 12.5. The average Bonchev–Trinajstić information content (AvgIpc) is 2.45. The lowest BCUT2D eigenvalue weighted by atomic mass is 10.1. The second kappa shape index (κ2) is 6.45. The van der Waals surface area contributed by atoms with Crippen molar-refractivity contribution >= 4 is 35.0 Å². The van der Waals surface area contributed by atoms with E-state index in [2.05, 4.69) is 6.92 Å². The number of thioether (sulfide) groups is 1. The summed E-state index contributed by atoms with van der Waals surface area (Å²) in [6.45, 7) is 3.32. The number of carbonyl (C=O) groups excluding carboxylic acids is 1. The first kappa shape index (κ1) is 15.1. The van der Waals surface area contributed by atoms with Crippen LogP contribution in [0, 0.1) is 10.1 Å². The normalized spacial score (nSPS) is 18.9. The minimum Gasteiger partial charge on any atom is -0.336 e. The van der Waals surface area contributed by atoms with Gasteiger partial charge in [-0.1, -0.05) is 24.6 Å². The Kier molecular flexibility index (Phi) is 4.88. The molecule has 1 aliphatic heterocycles. The summed E-state index contributed by atoms with van der Waals surface area (Å²) < 4.78 is 0. The largest absolute Gasteiger partial charge is 0.336 e. The van der Waals surface area contributed by atoms with Gasteiger partial charge in [0.1, 0.15) is 10.6 Å². The third kappa shape index (κ3) is 3.07. The first-order valence-electron chi connectivity index (χ1n) is 6.38. The fraction of sp³-hybridized carbons (Fsp3) is 0.462. The molecular formula is C13H15ClN2O3S.